The Hall–Kier alpha value is -0.940. The maximum Gasteiger partial charge on any atom is 0.240 e. The maximum atomic E-state index is 11.7. The number of aromatic nitrogens is 1. The number of hydrogen-bond donors (Lipinski definition) is 2. The van der Waals surface area contributed by atoms with Gasteiger partial charge in [0.2, 0.25) is 5.91 Å². The summed E-state index contributed by atoms with van der Waals surface area (Å²) in [6, 6.07) is 0. The smallest absolute Gasteiger partial charge is 0.240 e. The summed E-state index contributed by atoms with van der Waals surface area (Å²) in [5.74, 6) is -0.112. The summed E-state index contributed by atoms with van der Waals surface area (Å²) in [6.45, 7) is 4.24. The van der Waals surface area contributed by atoms with Crippen molar-refractivity contribution in [3.05, 3.63) is 16.6 Å². The maximum absolute atomic E-state index is 11.7. The van der Waals surface area contributed by atoms with Crippen LogP contribution in [0.5, 0.6) is 0 Å². The SMILES string of the molecule is CCCC(C)(N)C(=O)NCc1nccs1. The third-order valence-corrected chi connectivity index (χ3v) is 2.95. The number of amides is 1. The summed E-state index contributed by atoms with van der Waals surface area (Å²) in [7, 11) is 0. The van der Waals surface area contributed by atoms with Crippen molar-refractivity contribution in [2.24, 2.45) is 5.73 Å². The molecule has 1 aromatic heterocycles. The molecule has 0 radical (unpaired) electrons. The van der Waals surface area contributed by atoms with E-state index >= 15 is 0 Å². The van der Waals surface area contributed by atoms with Crippen molar-refractivity contribution in [3.63, 3.8) is 0 Å². The fourth-order valence-electron chi connectivity index (χ4n) is 1.33. The van der Waals surface area contributed by atoms with Crippen molar-refractivity contribution in [1.29, 1.82) is 0 Å². The van der Waals surface area contributed by atoms with Gasteiger partial charge in [-0.2, -0.15) is 0 Å². The van der Waals surface area contributed by atoms with Gasteiger partial charge in [0.25, 0.3) is 0 Å². The molecule has 0 aromatic carbocycles. The van der Waals surface area contributed by atoms with Crippen LogP contribution in [0.2, 0.25) is 0 Å². The topological polar surface area (TPSA) is 68.0 Å². The number of nitrogens with two attached hydrogens (primary N) is 1. The van der Waals surface area contributed by atoms with E-state index in [0.29, 0.717) is 13.0 Å². The highest BCUT2D eigenvalue weighted by Gasteiger charge is 2.26. The van der Waals surface area contributed by atoms with E-state index in [4.69, 9.17) is 5.73 Å². The van der Waals surface area contributed by atoms with E-state index in [9.17, 15) is 4.79 Å². The van der Waals surface area contributed by atoms with Crippen LogP contribution in [0.4, 0.5) is 0 Å². The highest BCUT2D eigenvalue weighted by Crippen LogP contribution is 2.09. The molecule has 1 rings (SSSR count). The summed E-state index contributed by atoms with van der Waals surface area (Å²) >= 11 is 1.52. The minimum atomic E-state index is -0.772. The molecule has 0 fully saturated rings. The van der Waals surface area contributed by atoms with Crippen LogP contribution in [0, 0.1) is 0 Å². The molecule has 3 N–H and O–H groups in total. The summed E-state index contributed by atoms with van der Waals surface area (Å²) < 4.78 is 0. The van der Waals surface area contributed by atoms with E-state index in [-0.39, 0.29) is 5.91 Å². The lowest BCUT2D eigenvalue weighted by atomic mass is 9.97. The fourth-order valence-corrected chi connectivity index (χ4v) is 1.89. The Kier molecular flexibility index (Phi) is 4.23. The Labute approximate surface area is 93.9 Å². The average Bonchev–Trinajstić information content (AvgIpc) is 2.66. The third-order valence-electron chi connectivity index (χ3n) is 2.17. The normalized spacial score (nSPS) is 14.6. The summed E-state index contributed by atoms with van der Waals surface area (Å²) in [6.07, 6.45) is 3.31. The third kappa shape index (κ3) is 3.60. The summed E-state index contributed by atoms with van der Waals surface area (Å²) in [5, 5.41) is 5.58. The van der Waals surface area contributed by atoms with Crippen LogP contribution in [-0.2, 0) is 11.3 Å². The molecule has 0 aliphatic carbocycles. The van der Waals surface area contributed by atoms with Gasteiger partial charge < -0.3 is 11.1 Å². The Bertz CT molecular complexity index is 308. The van der Waals surface area contributed by atoms with E-state index in [1.54, 1.807) is 13.1 Å². The van der Waals surface area contributed by atoms with Crippen LogP contribution < -0.4 is 11.1 Å². The van der Waals surface area contributed by atoms with E-state index in [1.165, 1.54) is 11.3 Å². The minimum absolute atomic E-state index is 0.112. The van der Waals surface area contributed by atoms with Crippen LogP contribution >= 0.6 is 11.3 Å². The molecule has 1 unspecified atom stereocenters. The zero-order valence-electron chi connectivity index (χ0n) is 9.12. The molecule has 0 bridgehead atoms. The minimum Gasteiger partial charge on any atom is -0.348 e. The van der Waals surface area contributed by atoms with Crippen molar-refractivity contribution in [3.8, 4) is 0 Å². The van der Waals surface area contributed by atoms with E-state index < -0.39 is 5.54 Å². The number of nitrogens with zero attached hydrogens (tertiary/aromatic N) is 1. The lowest BCUT2D eigenvalue weighted by Crippen LogP contribution is -2.51. The second-order valence-corrected chi connectivity index (χ2v) is 4.76. The quantitative estimate of drug-likeness (QED) is 0.796. The Balaban J connectivity index is 2.42. The first-order valence-corrected chi connectivity index (χ1v) is 5.90. The molecular formula is C10H17N3OS. The summed E-state index contributed by atoms with van der Waals surface area (Å²) in [5.41, 5.74) is 5.11. The molecule has 0 aliphatic rings. The first-order chi connectivity index (χ1) is 7.06. The second-order valence-electron chi connectivity index (χ2n) is 3.78. The van der Waals surface area contributed by atoms with E-state index in [0.717, 1.165) is 11.4 Å². The van der Waals surface area contributed by atoms with Crippen molar-refractivity contribution >= 4 is 17.2 Å². The van der Waals surface area contributed by atoms with Crippen molar-refractivity contribution < 1.29 is 4.79 Å². The van der Waals surface area contributed by atoms with Gasteiger partial charge in [-0.05, 0) is 13.3 Å². The van der Waals surface area contributed by atoms with Gasteiger partial charge in [-0.15, -0.1) is 11.3 Å². The molecule has 1 heterocycles. The average molecular weight is 227 g/mol. The lowest BCUT2D eigenvalue weighted by Gasteiger charge is -2.22. The molecule has 1 atom stereocenters. The van der Waals surface area contributed by atoms with Gasteiger partial charge in [0.1, 0.15) is 5.01 Å². The molecule has 5 heteroatoms. The fraction of sp³-hybridized carbons (Fsp3) is 0.600. The molecule has 1 amide bonds. The Morgan fingerprint density at radius 1 is 1.73 bits per heavy atom. The standard InChI is InChI=1S/C10H17N3OS/c1-3-4-10(2,11)9(14)13-7-8-12-5-6-15-8/h5-6H,3-4,7,11H2,1-2H3,(H,13,14). The molecule has 4 nitrogen and oxygen atoms in total. The molecule has 0 saturated carbocycles. The molecule has 1 aromatic rings. The molecule has 0 saturated heterocycles. The second kappa shape index (κ2) is 5.23. The Morgan fingerprint density at radius 3 is 3.00 bits per heavy atom. The van der Waals surface area contributed by atoms with Gasteiger partial charge in [0.05, 0.1) is 12.1 Å². The molecule has 84 valence electrons. The van der Waals surface area contributed by atoms with Gasteiger partial charge >= 0.3 is 0 Å². The molecule has 15 heavy (non-hydrogen) atoms. The number of carbonyl (C=O) groups excluding carboxylic acids is 1. The number of carbonyl (C=O) groups is 1. The monoisotopic (exact) mass is 227 g/mol. The lowest BCUT2D eigenvalue weighted by molar-refractivity contribution is -0.126. The van der Waals surface area contributed by atoms with Gasteiger partial charge in [-0.3, -0.25) is 4.79 Å². The number of nitrogens with one attached hydrogen (secondary N) is 1. The number of hydrogen-bond acceptors (Lipinski definition) is 4. The molecular weight excluding hydrogens is 210 g/mol. The van der Waals surface area contributed by atoms with Crippen LogP contribution in [0.25, 0.3) is 0 Å². The van der Waals surface area contributed by atoms with Crippen molar-refractivity contribution in [2.45, 2.75) is 38.8 Å². The zero-order valence-corrected chi connectivity index (χ0v) is 9.93. The first kappa shape index (κ1) is 12.1. The predicted octanol–water partition coefficient (Wildman–Crippen LogP) is 1.28. The highest BCUT2D eigenvalue weighted by molar-refractivity contribution is 7.09. The first-order valence-electron chi connectivity index (χ1n) is 5.02. The summed E-state index contributed by atoms with van der Waals surface area (Å²) in [4.78, 5) is 15.8. The highest BCUT2D eigenvalue weighted by atomic mass is 32.1. The van der Waals surface area contributed by atoms with Gasteiger partial charge in [0.15, 0.2) is 0 Å². The van der Waals surface area contributed by atoms with Crippen molar-refractivity contribution in [1.82, 2.24) is 10.3 Å². The largest absolute Gasteiger partial charge is 0.348 e. The predicted molar refractivity (Wildman–Crippen MR) is 61.5 cm³/mol. The van der Waals surface area contributed by atoms with Crippen molar-refractivity contribution in [2.75, 3.05) is 0 Å². The number of thiazole rings is 1. The molecule has 0 spiro atoms. The van der Waals surface area contributed by atoms with Crippen LogP contribution in [0.1, 0.15) is 31.7 Å². The van der Waals surface area contributed by atoms with E-state index in [2.05, 4.69) is 10.3 Å². The van der Waals surface area contributed by atoms with Gasteiger partial charge in [0, 0.05) is 11.6 Å². The van der Waals surface area contributed by atoms with Crippen LogP contribution in [0.3, 0.4) is 0 Å². The Morgan fingerprint density at radius 2 is 2.47 bits per heavy atom. The van der Waals surface area contributed by atoms with E-state index in [1.807, 2.05) is 12.3 Å². The number of rotatable bonds is 5. The molecule has 0 aliphatic heterocycles. The van der Waals surface area contributed by atoms with Gasteiger partial charge in [-0.25, -0.2) is 4.98 Å². The van der Waals surface area contributed by atoms with Crippen LogP contribution in [-0.4, -0.2) is 16.4 Å². The van der Waals surface area contributed by atoms with Gasteiger partial charge in [-0.1, -0.05) is 13.3 Å². The zero-order chi connectivity index (χ0) is 11.3. The van der Waals surface area contributed by atoms with Crippen LogP contribution in [0.15, 0.2) is 11.6 Å².